The van der Waals surface area contributed by atoms with Gasteiger partial charge in [0, 0.05) is 16.5 Å². The van der Waals surface area contributed by atoms with Crippen molar-refractivity contribution in [1.82, 2.24) is 0 Å². The van der Waals surface area contributed by atoms with Gasteiger partial charge in [-0.3, -0.25) is 9.59 Å². The van der Waals surface area contributed by atoms with Gasteiger partial charge in [-0.05, 0) is 34.7 Å². The predicted molar refractivity (Wildman–Crippen MR) is 75.8 cm³/mol. The second kappa shape index (κ2) is 5.16. The number of carboxylic acids is 1. The van der Waals surface area contributed by atoms with E-state index in [0.29, 0.717) is 9.26 Å². The molecule has 0 radical (unpaired) electrons. The first-order valence-corrected chi connectivity index (χ1v) is 6.61. The summed E-state index contributed by atoms with van der Waals surface area (Å²) < 4.78 is 0.649. The molecule has 0 aromatic heterocycles. The molecule has 0 bridgehead atoms. The normalized spacial score (nSPS) is 18.7. The summed E-state index contributed by atoms with van der Waals surface area (Å²) in [5.41, 5.74) is 5.58. The van der Waals surface area contributed by atoms with E-state index in [4.69, 9.17) is 5.73 Å². The highest BCUT2D eigenvalue weighted by Crippen LogP contribution is 2.32. The molecule has 1 aromatic carbocycles. The van der Waals surface area contributed by atoms with Crippen LogP contribution in [0.3, 0.4) is 0 Å². The third-order valence-electron chi connectivity index (χ3n) is 3.01. The van der Waals surface area contributed by atoms with Crippen LogP contribution in [-0.4, -0.2) is 29.4 Å². The van der Waals surface area contributed by atoms with Gasteiger partial charge < -0.3 is 15.7 Å². The lowest BCUT2D eigenvalue weighted by atomic mass is 10.1. The summed E-state index contributed by atoms with van der Waals surface area (Å²) in [4.78, 5) is 35.6. The molecular formula is C12H11IN2O4. The monoisotopic (exact) mass is 374 g/mol. The Kier molecular flexibility index (Phi) is 3.74. The second-order valence-corrected chi connectivity index (χ2v) is 5.41. The minimum absolute atomic E-state index is 0.0271. The molecule has 0 aliphatic carbocycles. The molecule has 3 N–H and O–H groups in total. The highest BCUT2D eigenvalue weighted by atomic mass is 127. The largest absolute Gasteiger partial charge is 0.478 e. The van der Waals surface area contributed by atoms with Gasteiger partial charge in [-0.2, -0.15) is 0 Å². The number of hydrogen-bond donors (Lipinski definition) is 2. The molecule has 1 aliphatic rings. The molecule has 1 atom stereocenters. The zero-order valence-corrected chi connectivity index (χ0v) is 12.0. The van der Waals surface area contributed by atoms with Crippen LogP contribution in [0.5, 0.6) is 0 Å². The smallest absolute Gasteiger partial charge is 0.337 e. The fourth-order valence-electron chi connectivity index (χ4n) is 2.08. The number of carbonyl (C=O) groups is 3. The first-order chi connectivity index (χ1) is 8.91. The van der Waals surface area contributed by atoms with Gasteiger partial charge in [0.2, 0.25) is 11.8 Å². The maximum absolute atomic E-state index is 11.9. The number of carbonyl (C=O) groups excluding carboxylic acids is 2. The average Bonchev–Trinajstić information content (AvgIpc) is 2.71. The number of benzene rings is 1. The Labute approximate surface area is 122 Å². The third-order valence-corrected chi connectivity index (χ3v) is 3.89. The van der Waals surface area contributed by atoms with E-state index in [1.165, 1.54) is 11.0 Å². The van der Waals surface area contributed by atoms with E-state index in [1.54, 1.807) is 12.1 Å². The number of amides is 2. The van der Waals surface area contributed by atoms with Crippen LogP contribution in [0, 0.1) is 9.49 Å². The van der Waals surface area contributed by atoms with Gasteiger partial charge in [0.15, 0.2) is 0 Å². The van der Waals surface area contributed by atoms with Crippen LogP contribution in [0.2, 0.25) is 0 Å². The average molecular weight is 374 g/mol. The van der Waals surface area contributed by atoms with E-state index in [-0.39, 0.29) is 24.4 Å². The number of hydrogen-bond acceptors (Lipinski definition) is 3. The molecule has 0 saturated carbocycles. The van der Waals surface area contributed by atoms with Crippen LogP contribution in [0.1, 0.15) is 16.8 Å². The number of anilines is 1. The second-order valence-electron chi connectivity index (χ2n) is 4.25. The maximum Gasteiger partial charge on any atom is 0.337 e. The molecule has 2 amide bonds. The molecule has 19 heavy (non-hydrogen) atoms. The molecule has 7 heteroatoms. The molecule has 100 valence electrons. The van der Waals surface area contributed by atoms with E-state index in [1.807, 2.05) is 22.6 Å². The topological polar surface area (TPSA) is 101 Å². The summed E-state index contributed by atoms with van der Waals surface area (Å²) in [7, 11) is 0. The van der Waals surface area contributed by atoms with Crippen LogP contribution < -0.4 is 10.6 Å². The summed E-state index contributed by atoms with van der Waals surface area (Å²) in [5.74, 6) is -2.50. The number of nitrogens with zero attached hydrogens (tertiary/aromatic N) is 1. The van der Waals surface area contributed by atoms with Crippen molar-refractivity contribution < 1.29 is 19.5 Å². The number of carboxylic acid groups (broad SMARTS) is 1. The van der Waals surface area contributed by atoms with Gasteiger partial charge in [0.1, 0.15) is 0 Å². The van der Waals surface area contributed by atoms with Crippen molar-refractivity contribution >= 4 is 46.1 Å². The fourth-order valence-corrected chi connectivity index (χ4v) is 2.87. The van der Waals surface area contributed by atoms with Gasteiger partial charge in [0.25, 0.3) is 0 Å². The van der Waals surface area contributed by atoms with Gasteiger partial charge in [-0.15, -0.1) is 0 Å². The first-order valence-electron chi connectivity index (χ1n) is 5.53. The zero-order chi connectivity index (χ0) is 14.2. The number of rotatable bonds is 3. The van der Waals surface area contributed by atoms with Gasteiger partial charge >= 0.3 is 5.97 Å². The van der Waals surface area contributed by atoms with E-state index in [2.05, 4.69) is 0 Å². The maximum atomic E-state index is 11.9. The number of para-hydroxylation sites is 1. The van der Waals surface area contributed by atoms with Gasteiger partial charge in [0.05, 0.1) is 17.2 Å². The molecule has 1 heterocycles. The molecule has 2 rings (SSSR count). The quantitative estimate of drug-likeness (QED) is 0.766. The lowest BCUT2D eigenvalue weighted by molar-refractivity contribution is -0.123. The predicted octanol–water partition coefficient (Wildman–Crippen LogP) is 0.828. The summed E-state index contributed by atoms with van der Waals surface area (Å²) >= 11 is 1.97. The molecule has 1 aliphatic heterocycles. The minimum atomic E-state index is -1.11. The van der Waals surface area contributed by atoms with E-state index in [9.17, 15) is 19.5 Å². The number of primary amides is 1. The fraction of sp³-hybridized carbons (Fsp3) is 0.250. The van der Waals surface area contributed by atoms with Crippen molar-refractivity contribution in [3.8, 4) is 0 Å². The summed E-state index contributed by atoms with van der Waals surface area (Å²) in [6.07, 6.45) is 0.0271. The first kappa shape index (κ1) is 13.8. The summed E-state index contributed by atoms with van der Waals surface area (Å²) in [6, 6.07) is 4.76. The van der Waals surface area contributed by atoms with Gasteiger partial charge in [-0.25, -0.2) is 4.79 Å². The molecule has 1 saturated heterocycles. The van der Waals surface area contributed by atoms with Crippen molar-refractivity contribution in [1.29, 1.82) is 0 Å². The molecule has 0 spiro atoms. The molecular weight excluding hydrogens is 363 g/mol. The molecule has 6 nitrogen and oxygen atoms in total. The van der Waals surface area contributed by atoms with Crippen molar-refractivity contribution in [2.45, 2.75) is 6.42 Å². The van der Waals surface area contributed by atoms with Crippen LogP contribution in [0.15, 0.2) is 18.2 Å². The number of nitrogens with two attached hydrogens (primary N) is 1. The van der Waals surface area contributed by atoms with Crippen molar-refractivity contribution in [3.05, 3.63) is 27.3 Å². The summed E-state index contributed by atoms with van der Waals surface area (Å²) in [5, 5.41) is 9.18. The standard InChI is InChI=1S/C12H11IN2O4/c13-8-3-1-2-7(12(18)19)10(8)15-5-6(11(14)17)4-9(15)16/h1-3,6H,4-5H2,(H2,14,17)(H,18,19). The Morgan fingerprint density at radius 3 is 2.63 bits per heavy atom. The SMILES string of the molecule is NC(=O)C1CC(=O)N(c2c(I)cccc2C(=O)O)C1. The van der Waals surface area contributed by atoms with Crippen molar-refractivity contribution in [2.24, 2.45) is 11.7 Å². The van der Waals surface area contributed by atoms with E-state index >= 15 is 0 Å². The molecule has 1 unspecified atom stereocenters. The summed E-state index contributed by atoms with van der Waals surface area (Å²) in [6.45, 7) is 0.133. The lowest BCUT2D eigenvalue weighted by Crippen LogP contribution is -2.30. The minimum Gasteiger partial charge on any atom is -0.478 e. The number of aromatic carboxylic acids is 1. The van der Waals surface area contributed by atoms with E-state index in [0.717, 1.165) is 0 Å². The Hall–Kier alpha value is -1.64. The molecule has 1 fully saturated rings. The van der Waals surface area contributed by atoms with Gasteiger partial charge in [-0.1, -0.05) is 6.07 Å². The molecule has 1 aromatic rings. The highest BCUT2D eigenvalue weighted by Gasteiger charge is 2.36. The Morgan fingerprint density at radius 1 is 1.42 bits per heavy atom. The number of halogens is 1. The van der Waals surface area contributed by atoms with Crippen molar-refractivity contribution in [3.63, 3.8) is 0 Å². The third kappa shape index (κ3) is 2.55. The zero-order valence-electron chi connectivity index (χ0n) is 9.80. The van der Waals surface area contributed by atoms with Crippen molar-refractivity contribution in [2.75, 3.05) is 11.4 Å². The van der Waals surface area contributed by atoms with Crippen LogP contribution in [-0.2, 0) is 9.59 Å². The van der Waals surface area contributed by atoms with Crippen LogP contribution in [0.4, 0.5) is 5.69 Å². The highest BCUT2D eigenvalue weighted by molar-refractivity contribution is 14.1. The Morgan fingerprint density at radius 2 is 2.11 bits per heavy atom. The van der Waals surface area contributed by atoms with E-state index < -0.39 is 17.8 Å². The van der Waals surface area contributed by atoms with Crippen LogP contribution in [0.25, 0.3) is 0 Å². The Bertz CT molecular complexity index is 573. The lowest BCUT2D eigenvalue weighted by Gasteiger charge is -2.20. The van der Waals surface area contributed by atoms with Crippen LogP contribution >= 0.6 is 22.6 Å². The Balaban J connectivity index is 2.45.